The minimum Gasteiger partial charge on any atom is -0.469 e. The predicted octanol–water partition coefficient (Wildman–Crippen LogP) is 2.50. The average molecular weight is 279 g/mol. The molecular formula is C15H21NO4. The molecule has 5 heteroatoms. The maximum Gasteiger partial charge on any atom is 0.407 e. The zero-order valence-electron chi connectivity index (χ0n) is 12.1. The maximum atomic E-state index is 11.6. The third kappa shape index (κ3) is 5.73. The van der Waals surface area contributed by atoms with Crippen LogP contribution in [0.5, 0.6) is 0 Å². The number of ether oxygens (including phenoxy) is 2. The molecule has 1 amide bonds. The molecule has 0 aromatic heterocycles. The zero-order chi connectivity index (χ0) is 15.0. The second-order valence-corrected chi connectivity index (χ2v) is 4.77. The van der Waals surface area contributed by atoms with Crippen molar-refractivity contribution in [2.24, 2.45) is 5.92 Å². The van der Waals surface area contributed by atoms with Gasteiger partial charge in [0.25, 0.3) is 0 Å². The number of alkyl carbamates (subject to hydrolysis) is 1. The first-order chi connectivity index (χ1) is 9.52. The number of esters is 1. The van der Waals surface area contributed by atoms with Crippen molar-refractivity contribution in [3.05, 3.63) is 35.9 Å². The van der Waals surface area contributed by atoms with Gasteiger partial charge in [-0.15, -0.1) is 0 Å². The molecule has 0 aliphatic rings. The molecule has 0 saturated heterocycles. The molecule has 0 radical (unpaired) electrons. The molecule has 0 saturated carbocycles. The highest BCUT2D eigenvalue weighted by Gasteiger charge is 2.18. The lowest BCUT2D eigenvalue weighted by atomic mass is 10.0. The summed E-state index contributed by atoms with van der Waals surface area (Å²) in [5.74, 6) is -0.541. The van der Waals surface area contributed by atoms with Crippen LogP contribution in [0.1, 0.15) is 25.8 Å². The van der Waals surface area contributed by atoms with Crippen molar-refractivity contribution in [3.8, 4) is 0 Å². The molecule has 0 spiro atoms. The number of rotatable bonds is 6. The Hall–Kier alpha value is -2.04. The van der Waals surface area contributed by atoms with Gasteiger partial charge in [-0.2, -0.15) is 0 Å². The monoisotopic (exact) mass is 279 g/mol. The Morgan fingerprint density at radius 3 is 2.45 bits per heavy atom. The van der Waals surface area contributed by atoms with Gasteiger partial charge in [0.2, 0.25) is 0 Å². The molecule has 1 N–H and O–H groups in total. The van der Waals surface area contributed by atoms with Crippen LogP contribution >= 0.6 is 0 Å². The number of carbonyl (C=O) groups is 2. The second-order valence-electron chi connectivity index (χ2n) is 4.77. The normalized spacial score (nSPS) is 13.2. The first kappa shape index (κ1) is 16.0. The molecule has 0 aliphatic heterocycles. The molecule has 0 fully saturated rings. The van der Waals surface area contributed by atoms with Crippen molar-refractivity contribution in [1.82, 2.24) is 5.32 Å². The van der Waals surface area contributed by atoms with Crippen LogP contribution in [-0.4, -0.2) is 25.2 Å². The van der Waals surface area contributed by atoms with Crippen LogP contribution in [0.3, 0.4) is 0 Å². The van der Waals surface area contributed by atoms with E-state index in [1.165, 1.54) is 7.11 Å². The van der Waals surface area contributed by atoms with Crippen molar-refractivity contribution in [3.63, 3.8) is 0 Å². The molecule has 1 rings (SSSR count). The topological polar surface area (TPSA) is 64.6 Å². The number of benzene rings is 1. The van der Waals surface area contributed by atoms with Gasteiger partial charge in [-0.3, -0.25) is 4.79 Å². The van der Waals surface area contributed by atoms with Gasteiger partial charge in [-0.05, 0) is 18.9 Å². The summed E-state index contributed by atoms with van der Waals surface area (Å²) < 4.78 is 9.74. The van der Waals surface area contributed by atoms with E-state index < -0.39 is 6.09 Å². The van der Waals surface area contributed by atoms with E-state index in [1.54, 1.807) is 6.92 Å². The molecule has 1 aromatic rings. The van der Waals surface area contributed by atoms with Gasteiger partial charge in [-0.1, -0.05) is 37.3 Å². The van der Waals surface area contributed by atoms with E-state index in [9.17, 15) is 9.59 Å². The third-order valence-electron chi connectivity index (χ3n) is 2.89. The minimum atomic E-state index is -0.488. The molecule has 0 heterocycles. The second kappa shape index (κ2) is 8.19. The van der Waals surface area contributed by atoms with E-state index in [2.05, 4.69) is 10.1 Å². The molecule has 5 nitrogen and oxygen atoms in total. The number of amides is 1. The lowest BCUT2D eigenvalue weighted by molar-refractivity contribution is -0.145. The lowest BCUT2D eigenvalue weighted by Gasteiger charge is -2.17. The maximum absolute atomic E-state index is 11.6. The summed E-state index contributed by atoms with van der Waals surface area (Å²) in [4.78, 5) is 22.9. The predicted molar refractivity (Wildman–Crippen MR) is 75.0 cm³/mol. The fraction of sp³-hybridized carbons (Fsp3) is 0.467. The summed E-state index contributed by atoms with van der Waals surface area (Å²) in [5.41, 5.74) is 0.929. The van der Waals surface area contributed by atoms with E-state index in [4.69, 9.17) is 4.74 Å². The Bertz CT molecular complexity index is 433. The molecule has 0 unspecified atom stereocenters. The summed E-state index contributed by atoms with van der Waals surface area (Å²) in [6.07, 6.45) is 0.0195. The van der Waals surface area contributed by atoms with Crippen LogP contribution in [-0.2, 0) is 20.9 Å². The standard InChI is InChI=1S/C15H21NO4/c1-11(14(17)19-3)9-12(2)16-15(18)20-10-13-7-5-4-6-8-13/h4-8,11-12H,9-10H2,1-3H3,(H,16,18)/t11-,12+/m0/s1. The van der Waals surface area contributed by atoms with Crippen molar-refractivity contribution in [1.29, 1.82) is 0 Å². The van der Waals surface area contributed by atoms with Crippen molar-refractivity contribution in [2.45, 2.75) is 32.9 Å². The SMILES string of the molecule is COC(=O)[C@@H](C)C[C@@H](C)NC(=O)OCc1ccccc1. The average Bonchev–Trinajstić information content (AvgIpc) is 2.45. The Morgan fingerprint density at radius 2 is 1.85 bits per heavy atom. The van der Waals surface area contributed by atoms with E-state index in [-0.39, 0.29) is 24.5 Å². The molecular weight excluding hydrogens is 258 g/mol. The number of hydrogen-bond donors (Lipinski definition) is 1. The third-order valence-corrected chi connectivity index (χ3v) is 2.89. The highest BCUT2D eigenvalue weighted by molar-refractivity contribution is 5.72. The van der Waals surface area contributed by atoms with E-state index in [0.29, 0.717) is 6.42 Å². The first-order valence-corrected chi connectivity index (χ1v) is 6.58. The highest BCUT2D eigenvalue weighted by atomic mass is 16.5. The molecule has 110 valence electrons. The van der Waals surface area contributed by atoms with Crippen molar-refractivity contribution < 1.29 is 19.1 Å². The van der Waals surface area contributed by atoms with Gasteiger partial charge < -0.3 is 14.8 Å². The fourth-order valence-corrected chi connectivity index (χ4v) is 1.85. The van der Waals surface area contributed by atoms with Gasteiger partial charge >= 0.3 is 12.1 Å². The number of methoxy groups -OCH3 is 1. The summed E-state index contributed by atoms with van der Waals surface area (Å²) in [5, 5.41) is 2.69. The first-order valence-electron chi connectivity index (χ1n) is 6.58. The molecule has 1 aromatic carbocycles. The molecule has 0 bridgehead atoms. The number of carbonyl (C=O) groups excluding carboxylic acids is 2. The Balaban J connectivity index is 2.29. The summed E-state index contributed by atoms with van der Waals surface area (Å²) >= 11 is 0. The van der Waals surface area contributed by atoms with E-state index in [0.717, 1.165) is 5.56 Å². The van der Waals surface area contributed by atoms with Gasteiger partial charge in [0.05, 0.1) is 13.0 Å². The number of nitrogens with one attached hydrogen (secondary N) is 1. The van der Waals surface area contributed by atoms with Crippen molar-refractivity contribution >= 4 is 12.1 Å². The summed E-state index contributed by atoms with van der Waals surface area (Å²) in [6, 6.07) is 9.29. The van der Waals surface area contributed by atoms with E-state index >= 15 is 0 Å². The van der Waals surface area contributed by atoms with Gasteiger partial charge in [0.15, 0.2) is 0 Å². The van der Waals surface area contributed by atoms with Crippen LogP contribution < -0.4 is 5.32 Å². The van der Waals surface area contributed by atoms with Crippen molar-refractivity contribution in [2.75, 3.05) is 7.11 Å². The molecule has 20 heavy (non-hydrogen) atoms. The Labute approximate surface area is 119 Å². The Kier molecular flexibility index (Phi) is 6.56. The van der Waals surface area contributed by atoms with E-state index in [1.807, 2.05) is 37.3 Å². The molecule has 2 atom stereocenters. The Morgan fingerprint density at radius 1 is 1.20 bits per heavy atom. The highest BCUT2D eigenvalue weighted by Crippen LogP contribution is 2.08. The quantitative estimate of drug-likeness (QED) is 0.813. The van der Waals surface area contributed by atoms with Gasteiger partial charge in [-0.25, -0.2) is 4.79 Å². The summed E-state index contributed by atoms with van der Waals surface area (Å²) in [7, 11) is 1.35. The van der Waals surface area contributed by atoms with Crippen LogP contribution in [0.4, 0.5) is 4.79 Å². The lowest BCUT2D eigenvalue weighted by Crippen LogP contribution is -2.35. The summed E-state index contributed by atoms with van der Waals surface area (Å²) in [6.45, 7) is 3.81. The van der Waals surface area contributed by atoms with Crippen LogP contribution in [0.2, 0.25) is 0 Å². The fourth-order valence-electron chi connectivity index (χ4n) is 1.85. The largest absolute Gasteiger partial charge is 0.469 e. The van der Waals surface area contributed by atoms with Crippen LogP contribution in [0.25, 0.3) is 0 Å². The minimum absolute atomic E-state index is 0.160. The van der Waals surface area contributed by atoms with Gasteiger partial charge in [0.1, 0.15) is 6.61 Å². The smallest absolute Gasteiger partial charge is 0.407 e. The zero-order valence-corrected chi connectivity index (χ0v) is 12.1. The van der Waals surface area contributed by atoms with Gasteiger partial charge in [0, 0.05) is 6.04 Å². The number of hydrogen-bond acceptors (Lipinski definition) is 4. The van der Waals surface area contributed by atoms with Crippen LogP contribution in [0, 0.1) is 5.92 Å². The molecule has 0 aliphatic carbocycles. The van der Waals surface area contributed by atoms with Crippen LogP contribution in [0.15, 0.2) is 30.3 Å².